The highest BCUT2D eigenvalue weighted by atomic mass is 16.2. The molecule has 0 aliphatic heterocycles. The van der Waals surface area contributed by atoms with Gasteiger partial charge in [-0.15, -0.1) is 0 Å². The van der Waals surface area contributed by atoms with Crippen molar-refractivity contribution in [2.75, 3.05) is 11.9 Å². The minimum atomic E-state index is -0.156. The molecule has 1 aromatic rings. The van der Waals surface area contributed by atoms with Crippen LogP contribution in [0.3, 0.4) is 0 Å². The van der Waals surface area contributed by atoms with Gasteiger partial charge >= 0.3 is 6.03 Å². The first kappa shape index (κ1) is 12.5. The topological polar surface area (TPSA) is 61.4 Å². The van der Waals surface area contributed by atoms with Gasteiger partial charge in [0.25, 0.3) is 0 Å². The molecular formula is C14H16N2O2. The van der Waals surface area contributed by atoms with Crippen molar-refractivity contribution in [1.29, 1.82) is 0 Å². The number of urea groups is 1. The molecule has 0 saturated heterocycles. The van der Waals surface area contributed by atoms with Gasteiger partial charge in [0.2, 0.25) is 0 Å². The Labute approximate surface area is 106 Å². The maximum absolute atomic E-state index is 11.5. The number of aliphatic hydroxyl groups excluding tert-OH is 1. The van der Waals surface area contributed by atoms with E-state index in [1.165, 1.54) is 0 Å². The van der Waals surface area contributed by atoms with Crippen LogP contribution in [0.15, 0.2) is 24.3 Å². The number of rotatable bonds is 3. The van der Waals surface area contributed by atoms with E-state index < -0.39 is 0 Å². The van der Waals surface area contributed by atoms with Crippen LogP contribution < -0.4 is 10.6 Å². The van der Waals surface area contributed by atoms with E-state index in [9.17, 15) is 4.79 Å². The fourth-order valence-electron chi connectivity index (χ4n) is 1.44. The number of hydrogen-bond donors (Lipinski definition) is 3. The first-order valence-corrected chi connectivity index (χ1v) is 6.05. The Balaban J connectivity index is 1.86. The van der Waals surface area contributed by atoms with Crippen LogP contribution >= 0.6 is 0 Å². The largest absolute Gasteiger partial charge is 0.395 e. The SMILES string of the molecule is O=C(Nc1ccc(C#CCCO)cc1)NC1CC1. The molecule has 94 valence electrons. The number of benzene rings is 1. The summed E-state index contributed by atoms with van der Waals surface area (Å²) >= 11 is 0. The van der Waals surface area contributed by atoms with Gasteiger partial charge in [-0.3, -0.25) is 0 Å². The third-order valence-electron chi connectivity index (χ3n) is 2.52. The number of hydrogen-bond acceptors (Lipinski definition) is 2. The smallest absolute Gasteiger partial charge is 0.319 e. The van der Waals surface area contributed by atoms with Crippen LogP contribution in [0.4, 0.5) is 10.5 Å². The lowest BCUT2D eigenvalue weighted by molar-refractivity contribution is 0.251. The molecule has 2 rings (SSSR count). The minimum Gasteiger partial charge on any atom is -0.395 e. The zero-order valence-electron chi connectivity index (χ0n) is 10.1. The Morgan fingerprint density at radius 1 is 1.33 bits per heavy atom. The summed E-state index contributed by atoms with van der Waals surface area (Å²) in [6, 6.07) is 7.52. The number of amides is 2. The first-order valence-electron chi connectivity index (χ1n) is 6.05. The summed E-state index contributed by atoms with van der Waals surface area (Å²) in [7, 11) is 0. The minimum absolute atomic E-state index is 0.0774. The molecule has 1 aliphatic carbocycles. The highest BCUT2D eigenvalue weighted by Gasteiger charge is 2.22. The van der Waals surface area contributed by atoms with E-state index in [4.69, 9.17) is 5.11 Å². The lowest BCUT2D eigenvalue weighted by Crippen LogP contribution is -2.30. The van der Waals surface area contributed by atoms with E-state index in [-0.39, 0.29) is 12.6 Å². The standard InChI is InChI=1S/C14H16N2O2/c17-10-2-1-3-11-4-6-12(7-5-11)15-14(18)16-13-8-9-13/h4-7,13,17H,2,8-10H2,(H2,15,16,18). The number of carbonyl (C=O) groups is 1. The maximum Gasteiger partial charge on any atom is 0.319 e. The van der Waals surface area contributed by atoms with Crippen molar-refractivity contribution in [1.82, 2.24) is 5.32 Å². The number of nitrogens with one attached hydrogen (secondary N) is 2. The monoisotopic (exact) mass is 244 g/mol. The van der Waals surface area contributed by atoms with Crippen molar-refractivity contribution < 1.29 is 9.90 Å². The van der Waals surface area contributed by atoms with Gasteiger partial charge in [0.05, 0.1) is 6.61 Å². The average Bonchev–Trinajstić information content (AvgIpc) is 3.15. The summed E-state index contributed by atoms with van der Waals surface area (Å²) in [5.41, 5.74) is 1.62. The molecule has 0 radical (unpaired) electrons. The van der Waals surface area contributed by atoms with Crippen molar-refractivity contribution in [2.24, 2.45) is 0 Å². The second-order valence-electron chi connectivity index (χ2n) is 4.23. The molecule has 1 saturated carbocycles. The third kappa shape index (κ3) is 4.11. The van der Waals surface area contributed by atoms with Gasteiger partial charge < -0.3 is 15.7 Å². The highest BCUT2D eigenvalue weighted by molar-refractivity contribution is 5.89. The van der Waals surface area contributed by atoms with Crippen molar-refractivity contribution >= 4 is 11.7 Å². The second-order valence-corrected chi connectivity index (χ2v) is 4.23. The molecule has 0 spiro atoms. The van der Waals surface area contributed by atoms with E-state index in [2.05, 4.69) is 22.5 Å². The van der Waals surface area contributed by atoms with Crippen LogP contribution in [0.1, 0.15) is 24.8 Å². The normalized spacial score (nSPS) is 13.4. The van der Waals surface area contributed by atoms with Crippen LogP contribution in [-0.2, 0) is 0 Å². The summed E-state index contributed by atoms with van der Waals surface area (Å²) in [4.78, 5) is 11.5. The molecule has 2 amide bonds. The molecule has 4 heteroatoms. The molecule has 0 unspecified atom stereocenters. The van der Waals surface area contributed by atoms with Crippen LogP contribution in [0.25, 0.3) is 0 Å². The highest BCUT2D eigenvalue weighted by Crippen LogP contribution is 2.18. The predicted molar refractivity (Wildman–Crippen MR) is 70.2 cm³/mol. The van der Waals surface area contributed by atoms with Gasteiger partial charge in [0.1, 0.15) is 0 Å². The summed E-state index contributed by atoms with van der Waals surface area (Å²) in [5, 5.41) is 14.2. The van der Waals surface area contributed by atoms with Crippen LogP contribution in [0.5, 0.6) is 0 Å². The van der Waals surface area contributed by atoms with E-state index in [0.29, 0.717) is 12.5 Å². The van der Waals surface area contributed by atoms with E-state index >= 15 is 0 Å². The molecule has 4 nitrogen and oxygen atoms in total. The molecule has 1 aliphatic rings. The first-order chi connectivity index (χ1) is 8.78. The fraction of sp³-hybridized carbons (Fsp3) is 0.357. The predicted octanol–water partition coefficient (Wildman–Crippen LogP) is 1.70. The van der Waals surface area contributed by atoms with E-state index in [1.807, 2.05) is 24.3 Å². The molecule has 1 fully saturated rings. The molecule has 18 heavy (non-hydrogen) atoms. The van der Waals surface area contributed by atoms with Crippen molar-refractivity contribution in [2.45, 2.75) is 25.3 Å². The number of carbonyl (C=O) groups excluding carboxylic acids is 1. The molecule has 3 N–H and O–H groups in total. The van der Waals surface area contributed by atoms with Crippen molar-refractivity contribution in [3.8, 4) is 11.8 Å². The summed E-state index contributed by atoms with van der Waals surface area (Å²) in [6.45, 7) is 0.0774. The summed E-state index contributed by atoms with van der Waals surface area (Å²) < 4.78 is 0. The Bertz CT molecular complexity index is 467. The Morgan fingerprint density at radius 3 is 2.67 bits per heavy atom. The zero-order chi connectivity index (χ0) is 12.8. The molecule has 0 bridgehead atoms. The van der Waals surface area contributed by atoms with Crippen LogP contribution in [0.2, 0.25) is 0 Å². The van der Waals surface area contributed by atoms with Gasteiger partial charge in [-0.2, -0.15) is 0 Å². The van der Waals surface area contributed by atoms with E-state index in [0.717, 1.165) is 24.1 Å². The number of aliphatic hydroxyl groups is 1. The Morgan fingerprint density at radius 2 is 2.06 bits per heavy atom. The Hall–Kier alpha value is -1.99. The molecule has 0 atom stereocenters. The number of anilines is 1. The van der Waals surface area contributed by atoms with Gasteiger partial charge in [-0.1, -0.05) is 11.8 Å². The van der Waals surface area contributed by atoms with E-state index in [1.54, 1.807) is 0 Å². The quantitative estimate of drug-likeness (QED) is 0.709. The summed E-state index contributed by atoms with van der Waals surface area (Å²) in [5.74, 6) is 5.78. The second kappa shape index (κ2) is 6.08. The molecular weight excluding hydrogens is 228 g/mol. The average molecular weight is 244 g/mol. The molecule has 0 aromatic heterocycles. The molecule has 1 aromatic carbocycles. The lowest BCUT2D eigenvalue weighted by atomic mass is 10.2. The van der Waals surface area contributed by atoms with Gasteiger partial charge in [0, 0.05) is 23.7 Å². The maximum atomic E-state index is 11.5. The Kier molecular flexibility index (Phi) is 4.21. The fourth-order valence-corrected chi connectivity index (χ4v) is 1.44. The van der Waals surface area contributed by atoms with Gasteiger partial charge in [0.15, 0.2) is 0 Å². The van der Waals surface area contributed by atoms with Gasteiger partial charge in [-0.05, 0) is 37.1 Å². The van der Waals surface area contributed by atoms with Crippen molar-refractivity contribution in [3.05, 3.63) is 29.8 Å². The summed E-state index contributed by atoms with van der Waals surface area (Å²) in [6.07, 6.45) is 2.63. The lowest BCUT2D eigenvalue weighted by Gasteiger charge is -2.06. The van der Waals surface area contributed by atoms with Gasteiger partial charge in [-0.25, -0.2) is 4.79 Å². The molecule has 0 heterocycles. The van der Waals surface area contributed by atoms with Crippen LogP contribution in [-0.4, -0.2) is 23.8 Å². The zero-order valence-corrected chi connectivity index (χ0v) is 10.1. The third-order valence-corrected chi connectivity index (χ3v) is 2.52. The van der Waals surface area contributed by atoms with Crippen LogP contribution in [0, 0.1) is 11.8 Å². The van der Waals surface area contributed by atoms with Crippen molar-refractivity contribution in [3.63, 3.8) is 0 Å².